The fourth-order valence-corrected chi connectivity index (χ4v) is 2.11. The van der Waals surface area contributed by atoms with E-state index in [9.17, 15) is 19.8 Å². The van der Waals surface area contributed by atoms with E-state index in [1.165, 1.54) is 30.3 Å². The van der Waals surface area contributed by atoms with Crippen molar-refractivity contribution in [3.05, 3.63) is 58.9 Å². The van der Waals surface area contributed by atoms with Crippen molar-refractivity contribution in [2.45, 2.75) is 0 Å². The Morgan fingerprint density at radius 3 is 2.38 bits per heavy atom. The zero-order valence-corrected chi connectivity index (χ0v) is 10.7. The molecule has 0 aliphatic rings. The van der Waals surface area contributed by atoms with Crippen molar-refractivity contribution in [1.29, 1.82) is 0 Å². The smallest absolute Gasteiger partial charge is 0.420 e. The monoisotopic (exact) mass is 282 g/mol. The van der Waals surface area contributed by atoms with Crippen molar-refractivity contribution in [2.75, 3.05) is 0 Å². The first-order valence-electron chi connectivity index (χ1n) is 6.12. The summed E-state index contributed by atoms with van der Waals surface area (Å²) in [5, 5.41) is 18.8. The second-order valence-electron chi connectivity index (χ2n) is 4.42. The van der Waals surface area contributed by atoms with Crippen LogP contribution in [0.3, 0.4) is 0 Å². The number of aromatic hydroxyl groups is 1. The number of carbonyl (C=O) groups is 1. The number of rotatable bonds is 1. The minimum Gasteiger partial charge on any atom is -0.508 e. The van der Waals surface area contributed by atoms with Gasteiger partial charge in [-0.05, 0) is 36.4 Å². The van der Waals surface area contributed by atoms with E-state index in [0.29, 0.717) is 15.6 Å². The minimum atomic E-state index is -1.40. The summed E-state index contributed by atoms with van der Waals surface area (Å²) in [6.07, 6.45) is -1.40. The zero-order chi connectivity index (χ0) is 15.0. The second-order valence-corrected chi connectivity index (χ2v) is 4.42. The van der Waals surface area contributed by atoms with Gasteiger partial charge in [0, 0.05) is 5.56 Å². The molecule has 0 saturated heterocycles. The lowest BCUT2D eigenvalue weighted by Crippen LogP contribution is -2.28. The van der Waals surface area contributed by atoms with Crippen molar-refractivity contribution in [1.82, 2.24) is 9.55 Å². The lowest BCUT2D eigenvalue weighted by Gasteiger charge is -2.09. The molecule has 1 heterocycles. The maximum absolute atomic E-state index is 12.3. The van der Waals surface area contributed by atoms with Gasteiger partial charge in [0.25, 0.3) is 5.56 Å². The molecule has 0 saturated carbocycles. The van der Waals surface area contributed by atoms with Gasteiger partial charge in [0.2, 0.25) is 0 Å². The predicted molar refractivity (Wildman–Crippen MR) is 76.5 cm³/mol. The molecule has 0 radical (unpaired) electrons. The number of fused-ring (bicyclic) bond motifs is 1. The highest BCUT2D eigenvalue weighted by Gasteiger charge is 2.17. The lowest BCUT2D eigenvalue weighted by molar-refractivity contribution is 0.195. The molecule has 0 spiro atoms. The Labute approximate surface area is 118 Å². The van der Waals surface area contributed by atoms with E-state index >= 15 is 0 Å². The highest BCUT2D eigenvalue weighted by atomic mass is 16.4. The molecule has 0 unspecified atom stereocenters. The standard InChI is InChI=1S/C15H10N2O4/c18-10-7-5-9(6-8-10)13-16-12-4-2-1-3-11(12)14(19)17(13)15(20)21/h1-8,18H,(H,20,21). The summed E-state index contributed by atoms with van der Waals surface area (Å²) < 4.78 is 0.606. The van der Waals surface area contributed by atoms with E-state index in [2.05, 4.69) is 4.98 Å². The van der Waals surface area contributed by atoms with Crippen LogP contribution in [0.1, 0.15) is 0 Å². The summed E-state index contributed by atoms with van der Waals surface area (Å²) in [6.45, 7) is 0. The SMILES string of the molecule is O=C(O)n1c(-c2ccc(O)cc2)nc2ccccc2c1=O. The number of para-hydroxylation sites is 1. The van der Waals surface area contributed by atoms with Crippen LogP contribution in [0.25, 0.3) is 22.3 Å². The van der Waals surface area contributed by atoms with Crippen LogP contribution in [-0.2, 0) is 0 Å². The van der Waals surface area contributed by atoms with E-state index in [1.807, 2.05) is 0 Å². The zero-order valence-electron chi connectivity index (χ0n) is 10.7. The molecule has 0 bridgehead atoms. The van der Waals surface area contributed by atoms with Crippen molar-refractivity contribution in [3.8, 4) is 17.1 Å². The van der Waals surface area contributed by atoms with Gasteiger partial charge in [-0.1, -0.05) is 12.1 Å². The molecule has 6 heteroatoms. The normalized spacial score (nSPS) is 10.7. The molecule has 0 aliphatic heterocycles. The topological polar surface area (TPSA) is 92.4 Å². The molecule has 0 atom stereocenters. The number of aromatic nitrogens is 2. The number of carboxylic acid groups (broad SMARTS) is 1. The molecule has 3 rings (SSSR count). The van der Waals surface area contributed by atoms with Gasteiger partial charge in [-0.25, -0.2) is 9.78 Å². The second kappa shape index (κ2) is 4.75. The Morgan fingerprint density at radius 2 is 1.71 bits per heavy atom. The van der Waals surface area contributed by atoms with Gasteiger partial charge >= 0.3 is 6.09 Å². The maximum Gasteiger partial charge on any atom is 0.420 e. The predicted octanol–water partition coefficient (Wildman–Crippen LogP) is 2.30. The molecule has 2 N–H and O–H groups in total. The first kappa shape index (κ1) is 12.9. The maximum atomic E-state index is 12.3. The van der Waals surface area contributed by atoms with Gasteiger partial charge in [0.15, 0.2) is 5.82 Å². The van der Waals surface area contributed by atoms with Crippen LogP contribution in [0.4, 0.5) is 4.79 Å². The Balaban J connectivity index is 2.40. The Kier molecular flexibility index (Phi) is 2.91. The average molecular weight is 282 g/mol. The van der Waals surface area contributed by atoms with Crippen LogP contribution in [0, 0.1) is 0 Å². The van der Waals surface area contributed by atoms with Crippen LogP contribution in [0.15, 0.2) is 53.3 Å². The molecule has 0 fully saturated rings. The molecule has 104 valence electrons. The van der Waals surface area contributed by atoms with E-state index < -0.39 is 11.7 Å². The van der Waals surface area contributed by atoms with Crippen molar-refractivity contribution >= 4 is 17.0 Å². The highest BCUT2D eigenvalue weighted by molar-refractivity contribution is 5.84. The number of hydrogen-bond donors (Lipinski definition) is 2. The van der Waals surface area contributed by atoms with Crippen LogP contribution >= 0.6 is 0 Å². The molecular formula is C15H10N2O4. The Bertz CT molecular complexity index is 898. The number of phenols is 1. The molecule has 3 aromatic rings. The number of phenolic OH excluding ortho intramolecular Hbond substituents is 1. The van der Waals surface area contributed by atoms with Crippen molar-refractivity contribution in [3.63, 3.8) is 0 Å². The Hall–Kier alpha value is -3.15. The van der Waals surface area contributed by atoms with Gasteiger partial charge in [0.05, 0.1) is 10.9 Å². The lowest BCUT2D eigenvalue weighted by atomic mass is 10.1. The molecule has 2 aromatic carbocycles. The van der Waals surface area contributed by atoms with Crippen LogP contribution in [-0.4, -0.2) is 25.9 Å². The van der Waals surface area contributed by atoms with Gasteiger partial charge in [0.1, 0.15) is 5.75 Å². The quantitative estimate of drug-likeness (QED) is 0.714. The summed E-state index contributed by atoms with van der Waals surface area (Å²) in [6, 6.07) is 12.4. The van der Waals surface area contributed by atoms with Gasteiger partial charge < -0.3 is 10.2 Å². The van der Waals surface area contributed by atoms with Crippen molar-refractivity contribution < 1.29 is 15.0 Å². The Morgan fingerprint density at radius 1 is 1.05 bits per heavy atom. The molecule has 1 aromatic heterocycles. The first-order valence-corrected chi connectivity index (χ1v) is 6.12. The molecule has 6 nitrogen and oxygen atoms in total. The van der Waals surface area contributed by atoms with Crippen molar-refractivity contribution in [2.24, 2.45) is 0 Å². The van der Waals surface area contributed by atoms with Crippen LogP contribution < -0.4 is 5.56 Å². The summed E-state index contributed by atoms with van der Waals surface area (Å²) in [4.78, 5) is 28.0. The molecule has 0 aliphatic carbocycles. The fraction of sp³-hybridized carbons (Fsp3) is 0. The van der Waals surface area contributed by atoms with Crippen LogP contribution in [0.2, 0.25) is 0 Å². The third-order valence-electron chi connectivity index (χ3n) is 3.09. The van der Waals surface area contributed by atoms with E-state index in [4.69, 9.17) is 0 Å². The first-order chi connectivity index (χ1) is 10.1. The minimum absolute atomic E-state index is 0.0196. The molecule has 0 amide bonds. The largest absolute Gasteiger partial charge is 0.508 e. The summed E-state index contributed by atoms with van der Waals surface area (Å²) in [5.41, 5.74) is 0.206. The van der Waals surface area contributed by atoms with Crippen LogP contribution in [0.5, 0.6) is 5.75 Å². The summed E-state index contributed by atoms with van der Waals surface area (Å²) >= 11 is 0. The third kappa shape index (κ3) is 2.12. The van der Waals surface area contributed by atoms with E-state index in [-0.39, 0.29) is 17.0 Å². The van der Waals surface area contributed by atoms with E-state index in [0.717, 1.165) is 0 Å². The fourth-order valence-electron chi connectivity index (χ4n) is 2.11. The van der Waals surface area contributed by atoms with Gasteiger partial charge in [-0.2, -0.15) is 4.57 Å². The molecular weight excluding hydrogens is 272 g/mol. The summed E-state index contributed by atoms with van der Waals surface area (Å²) in [7, 11) is 0. The summed E-state index contributed by atoms with van der Waals surface area (Å²) in [5.74, 6) is 0.0648. The third-order valence-corrected chi connectivity index (χ3v) is 3.09. The van der Waals surface area contributed by atoms with E-state index in [1.54, 1.807) is 18.2 Å². The van der Waals surface area contributed by atoms with Gasteiger partial charge in [-0.3, -0.25) is 4.79 Å². The van der Waals surface area contributed by atoms with Gasteiger partial charge in [-0.15, -0.1) is 0 Å². The number of benzene rings is 2. The average Bonchev–Trinajstić information content (AvgIpc) is 2.47. The highest BCUT2D eigenvalue weighted by Crippen LogP contribution is 2.21. The number of nitrogens with zero attached hydrogens (tertiary/aromatic N) is 2. The molecule has 21 heavy (non-hydrogen) atoms. The number of hydrogen-bond acceptors (Lipinski definition) is 4.